The molecule has 0 amide bonds. The number of benzene rings is 2. The Morgan fingerprint density at radius 2 is 1.48 bits per heavy atom. The van der Waals surface area contributed by atoms with Gasteiger partial charge in [-0.3, -0.25) is 4.79 Å². The molecule has 0 saturated heterocycles. The first-order valence-electron chi connectivity index (χ1n) is 6.72. The fraction of sp³-hybridized carbons (Fsp3) is 0.235. The number of carbonyl (C=O) groups is 1. The molecule has 0 aliphatic carbocycles. The summed E-state index contributed by atoms with van der Waals surface area (Å²) in [6, 6.07) is 13.6. The first-order chi connectivity index (χ1) is 9.91. The van der Waals surface area contributed by atoms with Crippen LogP contribution in [0.3, 0.4) is 0 Å². The molecule has 0 radical (unpaired) electrons. The van der Waals surface area contributed by atoms with Gasteiger partial charge in [-0.2, -0.15) is 0 Å². The summed E-state index contributed by atoms with van der Waals surface area (Å²) in [5.41, 5.74) is 1.03. The first-order valence-corrected chi connectivity index (χ1v) is 6.72. The van der Waals surface area contributed by atoms with Crippen LogP contribution in [-0.4, -0.2) is 21.3 Å². The predicted octanol–water partition coefficient (Wildman–Crippen LogP) is 3.27. The molecule has 110 valence electrons. The molecule has 0 saturated carbocycles. The van der Waals surface area contributed by atoms with Crippen molar-refractivity contribution < 1.29 is 20.1 Å². The highest BCUT2D eigenvalue weighted by atomic mass is 16.4. The summed E-state index contributed by atoms with van der Waals surface area (Å²) < 4.78 is 0. The molecule has 0 fully saturated rings. The molecule has 0 unspecified atom stereocenters. The number of aromatic hydroxyl groups is 2. The molecule has 0 heterocycles. The van der Waals surface area contributed by atoms with E-state index >= 15 is 0 Å². The van der Waals surface area contributed by atoms with Gasteiger partial charge in [0.1, 0.15) is 11.5 Å². The molecule has 0 bridgehead atoms. The quantitative estimate of drug-likeness (QED) is 0.788. The zero-order chi connectivity index (χ0) is 15.5. The molecule has 2 aromatic rings. The highest BCUT2D eigenvalue weighted by molar-refractivity contribution is 5.67. The summed E-state index contributed by atoms with van der Waals surface area (Å²) >= 11 is 0. The Hall–Kier alpha value is -2.49. The summed E-state index contributed by atoms with van der Waals surface area (Å²) in [5, 5.41) is 28.4. The standard InChI is InChI=1S/C17H18O4/c1-17(9-8-16(20)21,12-4-2-6-14(18)10-12)13-5-3-7-15(19)11-13/h2-7,10-11,18-19H,8-9H2,1H3,(H,20,21). The molecule has 0 aliphatic rings. The van der Waals surface area contributed by atoms with Gasteiger partial charge in [-0.15, -0.1) is 0 Å². The van der Waals surface area contributed by atoms with Gasteiger partial charge in [0.15, 0.2) is 0 Å². The van der Waals surface area contributed by atoms with E-state index < -0.39 is 11.4 Å². The minimum atomic E-state index is -0.874. The molecular weight excluding hydrogens is 268 g/mol. The average molecular weight is 286 g/mol. The molecule has 21 heavy (non-hydrogen) atoms. The van der Waals surface area contributed by atoms with E-state index in [2.05, 4.69) is 0 Å². The molecule has 0 aromatic heterocycles. The molecule has 2 rings (SSSR count). The third-order valence-electron chi connectivity index (χ3n) is 3.81. The normalized spacial score (nSPS) is 11.3. The van der Waals surface area contributed by atoms with Gasteiger partial charge in [-0.05, 0) is 41.8 Å². The summed E-state index contributed by atoms with van der Waals surface area (Å²) in [6.45, 7) is 1.92. The maximum Gasteiger partial charge on any atom is 0.303 e. The van der Waals surface area contributed by atoms with Crippen LogP contribution >= 0.6 is 0 Å². The van der Waals surface area contributed by atoms with Gasteiger partial charge in [-0.25, -0.2) is 0 Å². The minimum Gasteiger partial charge on any atom is -0.508 e. The SMILES string of the molecule is CC(CCC(=O)O)(c1cccc(O)c1)c1cccc(O)c1. The van der Waals surface area contributed by atoms with Crippen LogP contribution in [-0.2, 0) is 10.2 Å². The van der Waals surface area contributed by atoms with Gasteiger partial charge in [0.25, 0.3) is 0 Å². The van der Waals surface area contributed by atoms with E-state index in [1.165, 1.54) is 0 Å². The lowest BCUT2D eigenvalue weighted by molar-refractivity contribution is -0.137. The molecule has 4 nitrogen and oxygen atoms in total. The van der Waals surface area contributed by atoms with Crippen LogP contribution in [0.1, 0.15) is 30.9 Å². The molecule has 0 aliphatic heterocycles. The minimum absolute atomic E-state index is 0.00180. The number of phenols is 2. The lowest BCUT2D eigenvalue weighted by Crippen LogP contribution is -2.24. The first kappa shape index (κ1) is 14.9. The van der Waals surface area contributed by atoms with E-state index in [0.29, 0.717) is 6.42 Å². The van der Waals surface area contributed by atoms with Crippen LogP contribution in [0, 0.1) is 0 Å². The third-order valence-corrected chi connectivity index (χ3v) is 3.81. The van der Waals surface area contributed by atoms with E-state index in [1.54, 1.807) is 36.4 Å². The van der Waals surface area contributed by atoms with Crippen LogP contribution in [0.2, 0.25) is 0 Å². The van der Waals surface area contributed by atoms with Crippen LogP contribution in [0.5, 0.6) is 11.5 Å². The lowest BCUT2D eigenvalue weighted by Gasteiger charge is -2.31. The van der Waals surface area contributed by atoms with Crippen molar-refractivity contribution >= 4 is 5.97 Å². The Labute approximate surface area is 123 Å². The van der Waals surface area contributed by atoms with Gasteiger partial charge in [0.05, 0.1) is 0 Å². The number of hydrogen-bond donors (Lipinski definition) is 3. The van der Waals surface area contributed by atoms with Gasteiger partial charge in [0, 0.05) is 11.8 Å². The summed E-state index contributed by atoms with van der Waals surface area (Å²) in [4.78, 5) is 10.9. The maximum absolute atomic E-state index is 10.9. The van der Waals surface area contributed by atoms with Gasteiger partial charge >= 0.3 is 5.97 Å². The Kier molecular flexibility index (Phi) is 4.17. The number of phenolic OH excluding ortho intramolecular Hbond substituents is 2. The second-order valence-electron chi connectivity index (χ2n) is 5.33. The zero-order valence-corrected chi connectivity index (χ0v) is 11.8. The molecular formula is C17H18O4. The van der Waals surface area contributed by atoms with Crippen molar-refractivity contribution in [3.05, 3.63) is 59.7 Å². The van der Waals surface area contributed by atoms with Crippen molar-refractivity contribution in [2.75, 3.05) is 0 Å². The largest absolute Gasteiger partial charge is 0.508 e. The smallest absolute Gasteiger partial charge is 0.303 e. The predicted molar refractivity (Wildman–Crippen MR) is 79.5 cm³/mol. The fourth-order valence-corrected chi connectivity index (χ4v) is 2.51. The highest BCUT2D eigenvalue weighted by Gasteiger charge is 2.30. The van der Waals surface area contributed by atoms with E-state index in [1.807, 2.05) is 19.1 Å². The molecule has 0 spiro atoms. The number of aliphatic carboxylic acids is 1. The Morgan fingerprint density at radius 1 is 1.00 bits per heavy atom. The maximum atomic E-state index is 10.9. The molecule has 2 aromatic carbocycles. The number of carboxylic acids is 1. The summed E-state index contributed by atoms with van der Waals surface area (Å²) in [6.07, 6.45) is 0.372. The molecule has 4 heteroatoms. The molecule has 0 atom stereocenters. The van der Waals surface area contributed by atoms with Crippen molar-refractivity contribution in [3.63, 3.8) is 0 Å². The van der Waals surface area contributed by atoms with Gasteiger partial charge in [-0.1, -0.05) is 31.2 Å². The van der Waals surface area contributed by atoms with E-state index in [-0.39, 0.29) is 17.9 Å². The molecule has 3 N–H and O–H groups in total. The average Bonchev–Trinajstić information content (AvgIpc) is 2.44. The monoisotopic (exact) mass is 286 g/mol. The number of hydrogen-bond acceptors (Lipinski definition) is 3. The van der Waals surface area contributed by atoms with Crippen LogP contribution < -0.4 is 0 Å². The van der Waals surface area contributed by atoms with Crippen molar-refractivity contribution in [1.29, 1.82) is 0 Å². The Balaban J connectivity index is 2.50. The number of carboxylic acid groups (broad SMARTS) is 1. The topological polar surface area (TPSA) is 77.8 Å². The van der Waals surface area contributed by atoms with E-state index in [9.17, 15) is 15.0 Å². The second-order valence-corrected chi connectivity index (χ2v) is 5.33. The highest BCUT2D eigenvalue weighted by Crippen LogP contribution is 2.38. The fourth-order valence-electron chi connectivity index (χ4n) is 2.51. The van der Waals surface area contributed by atoms with Crippen molar-refractivity contribution in [1.82, 2.24) is 0 Å². The van der Waals surface area contributed by atoms with Crippen LogP contribution in [0.25, 0.3) is 0 Å². The van der Waals surface area contributed by atoms with Crippen molar-refractivity contribution in [3.8, 4) is 11.5 Å². The summed E-state index contributed by atoms with van der Waals surface area (Å²) in [7, 11) is 0. The van der Waals surface area contributed by atoms with Crippen molar-refractivity contribution in [2.24, 2.45) is 0 Å². The second kappa shape index (κ2) is 5.87. The van der Waals surface area contributed by atoms with Crippen LogP contribution in [0.15, 0.2) is 48.5 Å². The van der Waals surface area contributed by atoms with Crippen molar-refractivity contribution in [2.45, 2.75) is 25.2 Å². The third kappa shape index (κ3) is 3.34. The Morgan fingerprint density at radius 3 is 1.86 bits per heavy atom. The zero-order valence-electron chi connectivity index (χ0n) is 11.8. The van der Waals surface area contributed by atoms with Gasteiger partial charge < -0.3 is 15.3 Å². The van der Waals surface area contributed by atoms with Gasteiger partial charge in [0.2, 0.25) is 0 Å². The van der Waals surface area contributed by atoms with E-state index in [4.69, 9.17) is 5.11 Å². The van der Waals surface area contributed by atoms with Crippen LogP contribution in [0.4, 0.5) is 0 Å². The Bertz CT molecular complexity index is 603. The lowest BCUT2D eigenvalue weighted by atomic mass is 9.73. The number of rotatable bonds is 5. The summed E-state index contributed by atoms with van der Waals surface area (Å²) in [5.74, 6) is -0.607. The van der Waals surface area contributed by atoms with E-state index in [0.717, 1.165) is 11.1 Å².